The zero-order valence-electron chi connectivity index (χ0n) is 12.3. The molecule has 0 spiro atoms. The van der Waals surface area contributed by atoms with Gasteiger partial charge in [-0.2, -0.15) is 0 Å². The third-order valence-corrected chi connectivity index (χ3v) is 3.16. The van der Waals surface area contributed by atoms with E-state index in [1.807, 2.05) is 39.8 Å². The lowest BCUT2D eigenvalue weighted by atomic mass is 9.98. The van der Waals surface area contributed by atoms with E-state index in [0.717, 1.165) is 12.0 Å². The maximum Gasteiger partial charge on any atom is 0.244 e. The van der Waals surface area contributed by atoms with Crippen LogP contribution in [0.1, 0.15) is 34.1 Å². The fourth-order valence-electron chi connectivity index (χ4n) is 2.02. The van der Waals surface area contributed by atoms with Gasteiger partial charge >= 0.3 is 0 Å². The van der Waals surface area contributed by atoms with Crippen LogP contribution in [0.4, 0.5) is 0 Å². The Balaban J connectivity index is 2.64. The van der Waals surface area contributed by atoms with Gasteiger partial charge in [-0.1, -0.05) is 32.1 Å². The van der Waals surface area contributed by atoms with Crippen molar-refractivity contribution in [2.24, 2.45) is 5.92 Å². The summed E-state index contributed by atoms with van der Waals surface area (Å²) in [6.07, 6.45) is 8.30. The number of ether oxygens (including phenoxy) is 1. The van der Waals surface area contributed by atoms with Crippen molar-refractivity contribution in [2.45, 2.75) is 52.4 Å². The van der Waals surface area contributed by atoms with Gasteiger partial charge in [-0.15, -0.1) is 6.58 Å². The van der Waals surface area contributed by atoms with E-state index in [9.17, 15) is 4.79 Å². The molecule has 1 amide bonds. The van der Waals surface area contributed by atoms with E-state index in [4.69, 9.17) is 4.74 Å². The monoisotopic (exact) mass is 263 g/mol. The third-order valence-electron chi connectivity index (χ3n) is 3.16. The van der Waals surface area contributed by atoms with Crippen LogP contribution >= 0.6 is 0 Å². The maximum atomic E-state index is 11.8. The molecule has 0 aromatic carbocycles. The van der Waals surface area contributed by atoms with Gasteiger partial charge in [-0.25, -0.2) is 0 Å². The van der Waals surface area contributed by atoms with Crippen LogP contribution in [0, 0.1) is 5.92 Å². The van der Waals surface area contributed by atoms with Crippen molar-refractivity contribution in [3.63, 3.8) is 0 Å². The lowest BCUT2D eigenvalue weighted by molar-refractivity contribution is -0.118. The lowest BCUT2D eigenvalue weighted by Crippen LogP contribution is -2.46. The van der Waals surface area contributed by atoms with Gasteiger partial charge in [-0.05, 0) is 37.8 Å². The van der Waals surface area contributed by atoms with Gasteiger partial charge in [0, 0.05) is 0 Å². The number of carbonyl (C=O) groups is 1. The number of allylic oxidation sites excluding steroid dienone is 1. The predicted octanol–water partition coefficient (Wildman–Crippen LogP) is 2.99. The van der Waals surface area contributed by atoms with Crippen LogP contribution in [-0.2, 0) is 9.53 Å². The highest BCUT2D eigenvalue weighted by Gasteiger charge is 2.27. The Kier molecular flexibility index (Phi) is 6.03. The van der Waals surface area contributed by atoms with Gasteiger partial charge in [0.15, 0.2) is 0 Å². The number of nitrogens with one attached hydrogen (secondary N) is 1. The number of carbonyl (C=O) groups excluding carboxylic acids is 1. The number of hydrogen-bond acceptors (Lipinski definition) is 2. The fourth-order valence-corrected chi connectivity index (χ4v) is 2.02. The molecule has 1 N–H and O–H groups in total. The van der Waals surface area contributed by atoms with E-state index in [2.05, 4.69) is 18.0 Å². The molecule has 0 bridgehead atoms. The number of amides is 1. The van der Waals surface area contributed by atoms with Gasteiger partial charge < -0.3 is 10.1 Å². The summed E-state index contributed by atoms with van der Waals surface area (Å²) in [5.74, 6) is 0.306. The van der Waals surface area contributed by atoms with Gasteiger partial charge in [0.25, 0.3) is 0 Å². The largest absolute Gasteiger partial charge is 0.368 e. The first-order valence-electron chi connectivity index (χ1n) is 6.87. The molecule has 0 aromatic rings. The molecule has 0 radical (unpaired) electrons. The quantitative estimate of drug-likeness (QED) is 0.611. The second kappa shape index (κ2) is 7.29. The van der Waals surface area contributed by atoms with Gasteiger partial charge in [0.1, 0.15) is 0 Å². The molecule has 106 valence electrons. The van der Waals surface area contributed by atoms with Crippen LogP contribution < -0.4 is 5.32 Å². The molecule has 1 aliphatic heterocycles. The van der Waals surface area contributed by atoms with E-state index in [1.165, 1.54) is 0 Å². The Morgan fingerprint density at radius 2 is 2.26 bits per heavy atom. The summed E-state index contributed by atoms with van der Waals surface area (Å²) in [5.41, 5.74) is 1.15. The molecule has 3 atom stereocenters. The summed E-state index contributed by atoms with van der Waals surface area (Å²) in [6, 6.07) is -0.0645. The van der Waals surface area contributed by atoms with Crippen molar-refractivity contribution >= 4 is 5.91 Å². The smallest absolute Gasteiger partial charge is 0.244 e. The van der Waals surface area contributed by atoms with Crippen molar-refractivity contribution in [1.29, 1.82) is 0 Å². The SMILES string of the molecule is C=CC[C@@H]1O[C@H](C)[C@H](NC(=O)/C=C\C(C)C)C=C1C. The standard InChI is InChI=1S/C16H25NO2/c1-6-7-15-12(4)10-14(13(5)19-15)17-16(18)9-8-11(2)3/h6,8-11,13-15H,1,7H2,2-5H3,(H,17,18)/b9-8-/t13-,14-,15+/m1/s1. The molecule has 0 aromatic heterocycles. The van der Waals surface area contributed by atoms with E-state index in [1.54, 1.807) is 6.08 Å². The summed E-state index contributed by atoms with van der Waals surface area (Å²) in [7, 11) is 0. The van der Waals surface area contributed by atoms with Crippen molar-refractivity contribution in [2.75, 3.05) is 0 Å². The van der Waals surface area contributed by atoms with Crippen LogP contribution in [0.3, 0.4) is 0 Å². The van der Waals surface area contributed by atoms with Gasteiger partial charge in [-0.3, -0.25) is 4.79 Å². The summed E-state index contributed by atoms with van der Waals surface area (Å²) < 4.78 is 5.90. The summed E-state index contributed by atoms with van der Waals surface area (Å²) in [4.78, 5) is 11.8. The molecule has 0 aliphatic carbocycles. The minimum absolute atomic E-state index is 0.0231. The first-order valence-corrected chi connectivity index (χ1v) is 6.87. The second-order valence-electron chi connectivity index (χ2n) is 5.40. The molecular weight excluding hydrogens is 238 g/mol. The van der Waals surface area contributed by atoms with Crippen molar-refractivity contribution in [3.8, 4) is 0 Å². The molecule has 3 heteroatoms. The van der Waals surface area contributed by atoms with Crippen LogP contribution in [0.25, 0.3) is 0 Å². The normalized spacial score (nSPS) is 27.4. The van der Waals surface area contributed by atoms with Gasteiger partial charge in [0.2, 0.25) is 5.91 Å². The minimum Gasteiger partial charge on any atom is -0.368 e. The van der Waals surface area contributed by atoms with Crippen molar-refractivity contribution in [1.82, 2.24) is 5.32 Å². The van der Waals surface area contributed by atoms with Gasteiger partial charge in [0.05, 0.1) is 18.2 Å². The maximum absolute atomic E-state index is 11.8. The fraction of sp³-hybridized carbons (Fsp3) is 0.562. The van der Waals surface area contributed by atoms with Crippen LogP contribution in [0.5, 0.6) is 0 Å². The molecule has 0 unspecified atom stereocenters. The summed E-state index contributed by atoms with van der Waals surface area (Å²) in [6.45, 7) is 11.8. The Bertz CT molecular complexity index is 382. The molecule has 1 rings (SSSR count). The van der Waals surface area contributed by atoms with E-state index in [0.29, 0.717) is 5.92 Å². The Labute approximate surface area is 116 Å². The number of rotatable bonds is 5. The minimum atomic E-state index is -0.0691. The lowest BCUT2D eigenvalue weighted by Gasteiger charge is -2.33. The molecule has 0 saturated carbocycles. The van der Waals surface area contributed by atoms with E-state index < -0.39 is 0 Å². The average molecular weight is 263 g/mol. The number of hydrogen-bond donors (Lipinski definition) is 1. The topological polar surface area (TPSA) is 38.3 Å². The molecule has 1 heterocycles. The van der Waals surface area contributed by atoms with Crippen LogP contribution in [-0.4, -0.2) is 24.2 Å². The highest BCUT2D eigenvalue weighted by Crippen LogP contribution is 2.21. The average Bonchev–Trinajstić information content (AvgIpc) is 2.33. The Morgan fingerprint density at radius 3 is 2.84 bits per heavy atom. The van der Waals surface area contributed by atoms with Crippen LogP contribution in [0.15, 0.2) is 36.5 Å². The highest BCUT2D eigenvalue weighted by atomic mass is 16.5. The van der Waals surface area contributed by atoms with Crippen molar-refractivity contribution < 1.29 is 9.53 Å². The summed E-state index contributed by atoms with van der Waals surface area (Å²) >= 11 is 0. The van der Waals surface area contributed by atoms with Crippen LogP contribution in [0.2, 0.25) is 0 Å². The zero-order chi connectivity index (χ0) is 14.4. The zero-order valence-corrected chi connectivity index (χ0v) is 12.3. The third kappa shape index (κ3) is 5.03. The molecular formula is C16H25NO2. The summed E-state index contributed by atoms with van der Waals surface area (Å²) in [5, 5.41) is 2.96. The second-order valence-corrected chi connectivity index (χ2v) is 5.40. The predicted molar refractivity (Wildman–Crippen MR) is 78.8 cm³/mol. The Morgan fingerprint density at radius 1 is 1.58 bits per heavy atom. The molecule has 0 fully saturated rings. The first kappa shape index (κ1) is 15.7. The first-order chi connectivity index (χ1) is 8.93. The molecule has 19 heavy (non-hydrogen) atoms. The molecule has 0 saturated heterocycles. The Hall–Kier alpha value is -1.35. The van der Waals surface area contributed by atoms with Crippen molar-refractivity contribution in [3.05, 3.63) is 36.5 Å². The molecule has 3 nitrogen and oxygen atoms in total. The van der Waals surface area contributed by atoms with E-state index in [-0.39, 0.29) is 24.2 Å². The van der Waals surface area contributed by atoms with E-state index >= 15 is 0 Å². The highest BCUT2D eigenvalue weighted by molar-refractivity contribution is 5.87. The molecule has 1 aliphatic rings.